The summed E-state index contributed by atoms with van der Waals surface area (Å²) in [5, 5.41) is 12.6. The number of hydrogen-bond donors (Lipinski definition) is 0. The van der Waals surface area contributed by atoms with Crippen LogP contribution in [-0.2, 0) is 0 Å². The maximum atomic E-state index is 12.1. The van der Waals surface area contributed by atoms with Crippen molar-refractivity contribution >= 4 is 17.4 Å². The van der Waals surface area contributed by atoms with Gasteiger partial charge in [0.2, 0.25) is 0 Å². The van der Waals surface area contributed by atoms with Crippen LogP contribution in [0.2, 0.25) is 0 Å². The van der Waals surface area contributed by atoms with E-state index in [0.717, 1.165) is 24.4 Å². The Bertz CT molecular complexity index is 428. The largest absolute Gasteiger partial charge is 0.338 e. The number of aromatic nitrogens is 2. The minimum atomic E-state index is 0.00360. The molecule has 1 saturated heterocycles. The van der Waals surface area contributed by atoms with Crippen LogP contribution < -0.4 is 0 Å². The fraction of sp³-hybridized carbons (Fsp3) is 0.600. The van der Waals surface area contributed by atoms with Crippen LogP contribution in [0.4, 0.5) is 0 Å². The molecule has 1 aliphatic rings. The van der Waals surface area contributed by atoms with Crippen LogP contribution in [0.1, 0.15) is 28.2 Å². The average Bonchev–Trinajstić information content (AvgIpc) is 2.75. The van der Waals surface area contributed by atoms with E-state index in [1.165, 1.54) is 0 Å². The van der Waals surface area contributed by atoms with E-state index in [2.05, 4.69) is 15.7 Å². The van der Waals surface area contributed by atoms with E-state index >= 15 is 0 Å². The van der Waals surface area contributed by atoms with Gasteiger partial charge in [0.15, 0.2) is 0 Å². The molecular weight excluding hydrogens is 224 g/mol. The molecule has 1 amide bonds. The van der Waals surface area contributed by atoms with Crippen molar-refractivity contribution in [1.82, 2.24) is 14.5 Å². The Hall–Kier alpha value is -1.48. The van der Waals surface area contributed by atoms with Gasteiger partial charge in [0.25, 0.3) is 5.91 Å². The Balaban J connectivity index is 2.03. The number of hydrogen-bond acceptors (Lipinski definition) is 5. The smallest absolute Gasteiger partial charge is 0.267 e. The third-order valence-corrected chi connectivity index (χ3v) is 3.63. The molecule has 0 atom stereocenters. The molecule has 84 valence electrons. The first-order valence-electron chi connectivity index (χ1n) is 5.20. The van der Waals surface area contributed by atoms with Gasteiger partial charge in [-0.25, -0.2) is 0 Å². The normalized spacial score (nSPS) is 17.1. The van der Waals surface area contributed by atoms with Gasteiger partial charge in [-0.1, -0.05) is 4.49 Å². The molecule has 1 fully saturated rings. The molecule has 6 heteroatoms. The molecule has 0 unspecified atom stereocenters. The summed E-state index contributed by atoms with van der Waals surface area (Å²) in [6.07, 6.45) is 1.54. The highest BCUT2D eigenvalue weighted by molar-refractivity contribution is 7.07. The van der Waals surface area contributed by atoms with Crippen molar-refractivity contribution in [2.24, 2.45) is 5.92 Å². The van der Waals surface area contributed by atoms with E-state index in [9.17, 15) is 4.79 Å². The van der Waals surface area contributed by atoms with Gasteiger partial charge in [0, 0.05) is 19.0 Å². The van der Waals surface area contributed by atoms with Crippen molar-refractivity contribution in [3.63, 3.8) is 0 Å². The van der Waals surface area contributed by atoms with Crippen molar-refractivity contribution in [3.8, 4) is 6.07 Å². The van der Waals surface area contributed by atoms with E-state index in [-0.39, 0.29) is 11.8 Å². The number of amides is 1. The molecule has 16 heavy (non-hydrogen) atoms. The highest BCUT2D eigenvalue weighted by atomic mass is 32.1. The summed E-state index contributed by atoms with van der Waals surface area (Å²) in [5.74, 6) is 0.105. The number of carbonyl (C=O) groups excluding carboxylic acids is 1. The minimum absolute atomic E-state index is 0.00360. The average molecular weight is 236 g/mol. The summed E-state index contributed by atoms with van der Waals surface area (Å²) in [7, 11) is 0. The van der Waals surface area contributed by atoms with Crippen molar-refractivity contribution in [2.75, 3.05) is 13.1 Å². The molecule has 5 nitrogen and oxygen atoms in total. The van der Waals surface area contributed by atoms with Gasteiger partial charge in [-0.3, -0.25) is 4.79 Å². The number of piperidine rings is 1. The van der Waals surface area contributed by atoms with Gasteiger partial charge in [-0.2, -0.15) is 5.26 Å². The van der Waals surface area contributed by atoms with E-state index < -0.39 is 0 Å². The summed E-state index contributed by atoms with van der Waals surface area (Å²) < 4.78 is 3.76. The Labute approximate surface area is 97.8 Å². The van der Waals surface area contributed by atoms with Crippen LogP contribution >= 0.6 is 11.5 Å². The Morgan fingerprint density at radius 1 is 1.56 bits per heavy atom. The zero-order valence-corrected chi connectivity index (χ0v) is 9.83. The lowest BCUT2D eigenvalue weighted by molar-refractivity contribution is 0.0711. The molecule has 0 aliphatic carbocycles. The fourth-order valence-electron chi connectivity index (χ4n) is 1.78. The molecule has 0 bridgehead atoms. The Morgan fingerprint density at radius 2 is 2.25 bits per heavy atom. The molecule has 0 N–H and O–H groups in total. The Morgan fingerprint density at radius 3 is 2.75 bits per heavy atom. The van der Waals surface area contributed by atoms with Crippen molar-refractivity contribution in [1.29, 1.82) is 5.26 Å². The second kappa shape index (κ2) is 4.58. The SMILES string of the molecule is Cc1nnsc1C(=O)N1CCC(C#N)CC1. The van der Waals surface area contributed by atoms with Gasteiger partial charge in [-0.15, -0.1) is 5.10 Å². The molecule has 1 aromatic rings. The monoisotopic (exact) mass is 236 g/mol. The zero-order chi connectivity index (χ0) is 11.5. The number of carbonyl (C=O) groups is 1. The fourth-order valence-corrected chi connectivity index (χ4v) is 2.41. The number of aryl methyl sites for hydroxylation is 1. The van der Waals surface area contributed by atoms with Crippen molar-refractivity contribution < 1.29 is 4.79 Å². The maximum Gasteiger partial charge on any atom is 0.267 e. The van der Waals surface area contributed by atoms with E-state index in [1.54, 1.807) is 11.8 Å². The summed E-state index contributed by atoms with van der Waals surface area (Å²) >= 11 is 1.14. The summed E-state index contributed by atoms with van der Waals surface area (Å²) in [4.78, 5) is 14.5. The summed E-state index contributed by atoms with van der Waals surface area (Å²) in [6.45, 7) is 3.11. The van der Waals surface area contributed by atoms with Crippen LogP contribution in [0, 0.1) is 24.2 Å². The third kappa shape index (κ3) is 2.04. The van der Waals surface area contributed by atoms with Gasteiger partial charge < -0.3 is 4.90 Å². The minimum Gasteiger partial charge on any atom is -0.338 e. The molecule has 1 aromatic heterocycles. The number of rotatable bonds is 1. The second-order valence-corrected chi connectivity index (χ2v) is 4.64. The lowest BCUT2D eigenvalue weighted by atomic mass is 9.98. The molecule has 2 rings (SSSR count). The first-order chi connectivity index (χ1) is 7.72. The molecule has 2 heterocycles. The van der Waals surface area contributed by atoms with Gasteiger partial charge in [-0.05, 0) is 31.3 Å². The zero-order valence-electron chi connectivity index (χ0n) is 9.01. The van der Waals surface area contributed by atoms with Crippen molar-refractivity contribution in [2.45, 2.75) is 19.8 Å². The molecule has 1 aliphatic heterocycles. The van der Waals surface area contributed by atoms with Crippen LogP contribution in [0.5, 0.6) is 0 Å². The molecule has 0 saturated carbocycles. The number of nitrogens with zero attached hydrogens (tertiary/aromatic N) is 4. The van der Waals surface area contributed by atoms with E-state index in [1.807, 2.05) is 0 Å². The maximum absolute atomic E-state index is 12.1. The van der Waals surface area contributed by atoms with Crippen LogP contribution in [-0.4, -0.2) is 33.5 Å². The number of nitriles is 1. The van der Waals surface area contributed by atoms with E-state index in [0.29, 0.717) is 23.7 Å². The summed E-state index contributed by atoms with van der Waals surface area (Å²) in [6, 6.07) is 2.25. The molecule has 0 aromatic carbocycles. The standard InChI is InChI=1S/C10H12N4OS/c1-7-9(16-13-12-7)10(15)14-4-2-8(6-11)3-5-14/h8H,2-5H2,1H3. The lowest BCUT2D eigenvalue weighted by Crippen LogP contribution is -2.38. The van der Waals surface area contributed by atoms with Gasteiger partial charge in [0.1, 0.15) is 4.88 Å². The molecule has 0 spiro atoms. The van der Waals surface area contributed by atoms with Crippen LogP contribution in [0.25, 0.3) is 0 Å². The molecular formula is C10H12N4OS. The van der Waals surface area contributed by atoms with Crippen LogP contribution in [0.15, 0.2) is 0 Å². The first kappa shape index (κ1) is 11.0. The highest BCUT2D eigenvalue weighted by Crippen LogP contribution is 2.20. The third-order valence-electron chi connectivity index (χ3n) is 2.81. The van der Waals surface area contributed by atoms with E-state index in [4.69, 9.17) is 5.26 Å². The second-order valence-electron chi connectivity index (χ2n) is 3.88. The first-order valence-corrected chi connectivity index (χ1v) is 5.97. The number of likely N-dealkylation sites (tertiary alicyclic amines) is 1. The van der Waals surface area contributed by atoms with Crippen LogP contribution in [0.3, 0.4) is 0 Å². The Kier molecular flexibility index (Phi) is 3.15. The van der Waals surface area contributed by atoms with Gasteiger partial charge >= 0.3 is 0 Å². The van der Waals surface area contributed by atoms with Gasteiger partial charge in [0.05, 0.1) is 11.8 Å². The topological polar surface area (TPSA) is 69.9 Å². The summed E-state index contributed by atoms with van der Waals surface area (Å²) in [5.41, 5.74) is 0.692. The highest BCUT2D eigenvalue weighted by Gasteiger charge is 2.25. The lowest BCUT2D eigenvalue weighted by Gasteiger charge is -2.28. The quantitative estimate of drug-likeness (QED) is 0.735. The molecule has 0 radical (unpaired) electrons. The van der Waals surface area contributed by atoms with Crippen molar-refractivity contribution in [3.05, 3.63) is 10.6 Å². The predicted octanol–water partition coefficient (Wildman–Crippen LogP) is 1.22. The predicted molar refractivity (Wildman–Crippen MR) is 58.9 cm³/mol.